The van der Waals surface area contributed by atoms with Crippen LogP contribution in [-0.4, -0.2) is 26.5 Å². The summed E-state index contributed by atoms with van der Waals surface area (Å²) in [5.74, 6) is 1.85. The van der Waals surface area contributed by atoms with Gasteiger partial charge in [-0.2, -0.15) is 0 Å². The average Bonchev–Trinajstić information content (AvgIpc) is 3.33. The van der Waals surface area contributed by atoms with Crippen molar-refractivity contribution >= 4 is 38.4 Å². The molecule has 0 amide bonds. The number of thiophene rings is 1. The largest absolute Gasteiger partial charge is 0.369 e. The van der Waals surface area contributed by atoms with Gasteiger partial charge in [0.15, 0.2) is 0 Å². The third-order valence-electron chi connectivity index (χ3n) is 4.83. The van der Waals surface area contributed by atoms with Gasteiger partial charge in [-0.15, -0.1) is 11.3 Å². The van der Waals surface area contributed by atoms with Gasteiger partial charge in [0.25, 0.3) is 0 Å². The molecule has 0 spiro atoms. The molecular formula is C22H19N5S. The summed E-state index contributed by atoms with van der Waals surface area (Å²) in [4.78, 5) is 18.0. The van der Waals surface area contributed by atoms with Crippen molar-refractivity contribution in [3.05, 3.63) is 71.6 Å². The highest BCUT2D eigenvalue weighted by molar-refractivity contribution is 7.17. The fourth-order valence-corrected chi connectivity index (χ4v) is 4.29. The van der Waals surface area contributed by atoms with Crippen molar-refractivity contribution in [3.63, 3.8) is 0 Å². The predicted molar refractivity (Wildman–Crippen MR) is 116 cm³/mol. The molecule has 0 radical (unpaired) electrons. The maximum atomic E-state index is 4.64. The molecule has 3 aromatic heterocycles. The molecule has 138 valence electrons. The predicted octanol–water partition coefficient (Wildman–Crippen LogP) is 5.20. The number of anilines is 1. The molecule has 0 saturated carbocycles. The highest BCUT2D eigenvalue weighted by Gasteiger charge is 2.13. The van der Waals surface area contributed by atoms with Gasteiger partial charge >= 0.3 is 0 Å². The minimum Gasteiger partial charge on any atom is -0.369 e. The second kappa shape index (κ2) is 7.05. The Labute approximate surface area is 166 Å². The van der Waals surface area contributed by atoms with Crippen molar-refractivity contribution in [2.75, 3.05) is 11.9 Å². The first kappa shape index (κ1) is 16.9. The van der Waals surface area contributed by atoms with Crippen molar-refractivity contribution in [1.29, 1.82) is 0 Å². The van der Waals surface area contributed by atoms with Crippen LogP contribution in [0.2, 0.25) is 0 Å². The number of imidazole rings is 1. The Hall–Kier alpha value is -3.25. The highest BCUT2D eigenvalue weighted by atomic mass is 32.1. The zero-order valence-corrected chi connectivity index (χ0v) is 16.3. The van der Waals surface area contributed by atoms with Gasteiger partial charge < -0.3 is 10.3 Å². The van der Waals surface area contributed by atoms with E-state index in [0.717, 1.165) is 45.9 Å². The summed E-state index contributed by atoms with van der Waals surface area (Å²) in [5, 5.41) is 6.73. The van der Waals surface area contributed by atoms with Crippen LogP contribution >= 0.6 is 11.3 Å². The summed E-state index contributed by atoms with van der Waals surface area (Å²) in [6, 6.07) is 16.7. The number of nitrogens with one attached hydrogen (secondary N) is 2. The summed E-state index contributed by atoms with van der Waals surface area (Å²) in [6.07, 6.45) is 2.42. The molecule has 0 saturated heterocycles. The molecule has 0 fully saturated rings. The molecule has 0 unspecified atom stereocenters. The van der Waals surface area contributed by atoms with Crippen LogP contribution in [-0.2, 0) is 6.42 Å². The first-order valence-electron chi connectivity index (χ1n) is 9.25. The van der Waals surface area contributed by atoms with Gasteiger partial charge in [0, 0.05) is 23.9 Å². The highest BCUT2D eigenvalue weighted by Crippen LogP contribution is 2.36. The molecule has 2 aromatic carbocycles. The molecule has 0 aliphatic heterocycles. The van der Waals surface area contributed by atoms with Crippen molar-refractivity contribution in [3.8, 4) is 11.1 Å². The Kier molecular flexibility index (Phi) is 4.25. The smallest absolute Gasteiger partial charge is 0.138 e. The second-order valence-corrected chi connectivity index (χ2v) is 7.65. The number of aryl methyl sites for hydroxylation is 1. The third kappa shape index (κ3) is 3.12. The van der Waals surface area contributed by atoms with Crippen molar-refractivity contribution in [1.82, 2.24) is 19.9 Å². The SMILES string of the molecule is Cc1ccc(-c2csc3ncnc(NCCc4nc5ccccc5[nH]4)c23)cc1. The van der Waals surface area contributed by atoms with Gasteiger partial charge in [-0.05, 0) is 24.6 Å². The van der Waals surface area contributed by atoms with Crippen LogP contribution in [0.5, 0.6) is 0 Å². The molecule has 2 N–H and O–H groups in total. The fraction of sp³-hybridized carbons (Fsp3) is 0.136. The summed E-state index contributed by atoms with van der Waals surface area (Å²) in [5.41, 5.74) is 5.69. The van der Waals surface area contributed by atoms with E-state index in [9.17, 15) is 0 Å². The van der Waals surface area contributed by atoms with Gasteiger partial charge in [-0.25, -0.2) is 15.0 Å². The second-order valence-electron chi connectivity index (χ2n) is 6.80. The Bertz CT molecular complexity index is 1220. The average molecular weight is 385 g/mol. The Morgan fingerprint density at radius 3 is 2.75 bits per heavy atom. The van der Waals surface area contributed by atoms with Crippen molar-refractivity contribution < 1.29 is 0 Å². The van der Waals surface area contributed by atoms with Gasteiger partial charge in [0.05, 0.1) is 16.4 Å². The van der Waals surface area contributed by atoms with Gasteiger partial charge in [0.2, 0.25) is 0 Å². The molecule has 28 heavy (non-hydrogen) atoms. The molecule has 5 aromatic rings. The van der Waals surface area contributed by atoms with Gasteiger partial charge in [-0.1, -0.05) is 42.0 Å². The summed E-state index contributed by atoms with van der Waals surface area (Å²) in [6.45, 7) is 2.85. The normalized spacial score (nSPS) is 11.3. The lowest BCUT2D eigenvalue weighted by atomic mass is 10.0. The van der Waals surface area contributed by atoms with E-state index in [1.54, 1.807) is 17.7 Å². The van der Waals surface area contributed by atoms with E-state index in [1.807, 2.05) is 24.3 Å². The molecular weight excluding hydrogens is 366 g/mol. The van der Waals surface area contributed by atoms with E-state index in [0.29, 0.717) is 0 Å². The van der Waals surface area contributed by atoms with Crippen molar-refractivity contribution in [2.45, 2.75) is 13.3 Å². The van der Waals surface area contributed by atoms with Crippen LogP contribution in [0.15, 0.2) is 60.2 Å². The fourth-order valence-electron chi connectivity index (χ4n) is 3.38. The Morgan fingerprint density at radius 1 is 1.04 bits per heavy atom. The standard InChI is InChI=1S/C22H19N5S/c1-14-6-8-15(9-7-14)16-12-28-22-20(16)21(24-13-25-22)23-11-10-19-26-17-4-2-3-5-18(17)27-19/h2-9,12-13H,10-11H2,1H3,(H,26,27)(H,23,24,25). The topological polar surface area (TPSA) is 66.5 Å². The number of H-pyrrole nitrogens is 1. The van der Waals surface area contributed by atoms with E-state index < -0.39 is 0 Å². The summed E-state index contributed by atoms with van der Waals surface area (Å²) >= 11 is 1.65. The molecule has 0 aliphatic carbocycles. The van der Waals surface area contributed by atoms with E-state index in [4.69, 9.17) is 0 Å². The minimum atomic E-state index is 0.745. The van der Waals surface area contributed by atoms with Gasteiger partial charge in [0.1, 0.15) is 22.8 Å². The van der Waals surface area contributed by atoms with E-state index >= 15 is 0 Å². The zero-order chi connectivity index (χ0) is 18.9. The van der Waals surface area contributed by atoms with Crippen LogP contribution in [0.4, 0.5) is 5.82 Å². The minimum absolute atomic E-state index is 0.745. The molecule has 0 atom stereocenters. The zero-order valence-electron chi connectivity index (χ0n) is 15.4. The number of benzene rings is 2. The van der Waals surface area contributed by atoms with Gasteiger partial charge in [-0.3, -0.25) is 0 Å². The molecule has 6 heteroatoms. The van der Waals surface area contributed by atoms with Crippen LogP contribution < -0.4 is 5.32 Å². The molecule has 5 nitrogen and oxygen atoms in total. The lowest BCUT2D eigenvalue weighted by molar-refractivity contribution is 0.929. The van der Waals surface area contributed by atoms with Crippen molar-refractivity contribution in [2.24, 2.45) is 0 Å². The monoisotopic (exact) mass is 385 g/mol. The molecule has 0 aliphatic rings. The lowest BCUT2D eigenvalue weighted by Crippen LogP contribution is -2.07. The van der Waals surface area contributed by atoms with E-state index in [1.165, 1.54) is 16.7 Å². The first-order valence-corrected chi connectivity index (χ1v) is 10.1. The van der Waals surface area contributed by atoms with Crippen LogP contribution in [0, 0.1) is 6.92 Å². The number of hydrogen-bond donors (Lipinski definition) is 2. The number of rotatable bonds is 5. The Balaban J connectivity index is 1.41. The Morgan fingerprint density at radius 2 is 1.89 bits per heavy atom. The number of para-hydroxylation sites is 2. The third-order valence-corrected chi connectivity index (χ3v) is 5.71. The lowest BCUT2D eigenvalue weighted by Gasteiger charge is -2.08. The molecule has 0 bridgehead atoms. The van der Waals surface area contributed by atoms with Crippen LogP contribution in [0.25, 0.3) is 32.4 Å². The summed E-state index contributed by atoms with van der Waals surface area (Å²) in [7, 11) is 0. The molecule has 3 heterocycles. The maximum absolute atomic E-state index is 4.64. The van der Waals surface area contributed by atoms with Crippen LogP contribution in [0.1, 0.15) is 11.4 Å². The van der Waals surface area contributed by atoms with E-state index in [2.05, 4.69) is 61.8 Å². The quantitative estimate of drug-likeness (QED) is 0.436. The number of nitrogens with zero attached hydrogens (tertiary/aromatic N) is 3. The summed E-state index contributed by atoms with van der Waals surface area (Å²) < 4.78 is 0. The number of aromatic nitrogens is 4. The maximum Gasteiger partial charge on any atom is 0.138 e. The number of hydrogen-bond acceptors (Lipinski definition) is 5. The van der Waals surface area contributed by atoms with Crippen LogP contribution in [0.3, 0.4) is 0 Å². The number of aromatic amines is 1. The number of fused-ring (bicyclic) bond motifs is 2. The first-order chi connectivity index (χ1) is 13.8. The van der Waals surface area contributed by atoms with E-state index in [-0.39, 0.29) is 0 Å². The molecule has 5 rings (SSSR count).